The van der Waals surface area contributed by atoms with Crippen LogP contribution in [0.25, 0.3) is 0 Å². The van der Waals surface area contributed by atoms with Crippen LogP contribution in [-0.2, 0) is 21.1 Å². The van der Waals surface area contributed by atoms with Gasteiger partial charge < -0.3 is 0 Å². The van der Waals surface area contributed by atoms with E-state index < -0.39 is 0 Å². The van der Waals surface area contributed by atoms with Crippen molar-refractivity contribution in [3.05, 3.63) is 0 Å². The first-order chi connectivity index (χ1) is 0. The largest absolute Gasteiger partial charge is 0 e. The molecule has 0 unspecified atom stereocenters. The molecular formula is CeEuLaMoNdSm. The van der Waals surface area contributed by atoms with E-state index in [1.807, 2.05) is 0 Å². The van der Waals surface area contributed by atoms with Crippen LogP contribution in [0.3, 0.4) is 0 Å². The van der Waals surface area contributed by atoms with Crippen molar-refractivity contribution >= 4 is 0 Å². The topological polar surface area (TPSA) is 0 Å². The minimum absolute atomic E-state index is 0. The Balaban J connectivity index is 0. The molecule has 0 nitrogen and oxygen atoms in total. The van der Waals surface area contributed by atoms with Gasteiger partial charge in [0.1, 0.15) is 0 Å². The summed E-state index contributed by atoms with van der Waals surface area (Å²) in [6.07, 6.45) is 0. The molecule has 30 valence electrons. The second kappa shape index (κ2) is 29.4. The first kappa shape index (κ1) is 37.5. The number of hydrogen-bond donors (Lipinski definition) is 0. The van der Waals surface area contributed by atoms with Gasteiger partial charge in [0.15, 0.2) is 0 Å². The van der Waals surface area contributed by atoms with Gasteiger partial charge in [-0.3, -0.25) is 0 Å². The summed E-state index contributed by atoms with van der Waals surface area (Å²) in [5, 5.41) is 0. The Hall–Kier alpha value is 7.53. The summed E-state index contributed by atoms with van der Waals surface area (Å²) in [7, 11) is 0. The zero-order valence-electron chi connectivity index (χ0n) is 2.77. The summed E-state index contributed by atoms with van der Waals surface area (Å²) >= 11 is 0. The van der Waals surface area contributed by atoms with Crippen LogP contribution in [0.15, 0.2) is 0 Å². The fourth-order valence-electron chi connectivity index (χ4n) is 0. The molecule has 0 aliphatic rings. The molecule has 0 aromatic rings. The monoisotopic (exact) mass is 823 g/mol. The third-order valence-corrected chi connectivity index (χ3v) is 0. The summed E-state index contributed by atoms with van der Waals surface area (Å²) < 4.78 is 0. The minimum atomic E-state index is 0. The van der Waals surface area contributed by atoms with Crippen molar-refractivity contribution in [3.63, 3.8) is 0 Å². The van der Waals surface area contributed by atoms with Crippen LogP contribution in [0, 0.1) is 208 Å². The summed E-state index contributed by atoms with van der Waals surface area (Å²) in [4.78, 5) is 0. The quantitative estimate of drug-likeness (QED) is 0.303. The molecule has 0 aromatic heterocycles. The molecule has 0 amide bonds. The molecule has 0 heterocycles. The van der Waals surface area contributed by atoms with Gasteiger partial charge in [0, 0.05) is 229 Å². The normalized spacial score (nSPS) is 0. The van der Waals surface area contributed by atoms with Gasteiger partial charge in [-0.25, -0.2) is 0 Å². The summed E-state index contributed by atoms with van der Waals surface area (Å²) in [5.41, 5.74) is 0. The third-order valence-electron chi connectivity index (χ3n) is 0. The molecule has 0 aliphatic carbocycles. The maximum absolute atomic E-state index is 0. The van der Waals surface area contributed by atoms with Crippen molar-refractivity contribution in [2.24, 2.45) is 0 Å². The molecular weight excluding hydrogens is 822 g/mol. The Bertz CT molecular complexity index is 15.5. The Morgan fingerprint density at radius 2 is 1.00 bits per heavy atom. The van der Waals surface area contributed by atoms with Crippen LogP contribution in [0.1, 0.15) is 0 Å². The summed E-state index contributed by atoms with van der Waals surface area (Å²) in [6.45, 7) is 0. The molecule has 0 aliphatic heterocycles. The van der Waals surface area contributed by atoms with Gasteiger partial charge in [-0.05, 0) is 0 Å². The molecule has 0 saturated carbocycles. The van der Waals surface area contributed by atoms with Crippen LogP contribution in [0.2, 0.25) is 0 Å². The fourth-order valence-corrected chi connectivity index (χ4v) is 0. The van der Waals surface area contributed by atoms with E-state index >= 15 is 0 Å². The summed E-state index contributed by atoms with van der Waals surface area (Å²) in [5.74, 6) is 0. The van der Waals surface area contributed by atoms with Gasteiger partial charge in [0.05, 0.1) is 0 Å². The summed E-state index contributed by atoms with van der Waals surface area (Å²) in [6, 6.07) is 0. The molecule has 6 heavy (non-hydrogen) atoms. The van der Waals surface area contributed by atoms with Crippen LogP contribution in [0.5, 0.6) is 0 Å². The Morgan fingerprint density at radius 1 is 1.00 bits per heavy atom. The van der Waals surface area contributed by atoms with E-state index in [0.717, 1.165) is 0 Å². The molecule has 0 saturated heterocycles. The molecule has 0 spiro atoms. The van der Waals surface area contributed by atoms with Gasteiger partial charge in [-0.1, -0.05) is 0 Å². The smallest absolute Gasteiger partial charge is 0 e. The molecule has 2 radical (unpaired) electrons. The Kier molecular flexibility index (Phi) is 183. The van der Waals surface area contributed by atoms with E-state index in [4.69, 9.17) is 0 Å². The zero-order valence-corrected chi connectivity index (χ0v) is 19.8. The molecule has 0 N–H and O–H groups in total. The van der Waals surface area contributed by atoms with Crippen molar-refractivity contribution in [1.82, 2.24) is 0 Å². The van der Waals surface area contributed by atoms with E-state index in [9.17, 15) is 0 Å². The SMILES string of the molecule is [Ce].[Eu].[La].[Mo].[Nd].[Sm]. The second-order valence-corrected chi connectivity index (χ2v) is 0. The second-order valence-electron chi connectivity index (χ2n) is 0. The number of hydrogen-bond acceptors (Lipinski definition) is 0. The van der Waals surface area contributed by atoms with Gasteiger partial charge in [-0.15, -0.1) is 0 Å². The molecule has 0 fully saturated rings. The Morgan fingerprint density at radius 3 is 1.00 bits per heavy atom. The molecule has 0 aromatic carbocycles. The minimum Gasteiger partial charge on any atom is 0 e. The van der Waals surface area contributed by atoms with E-state index in [2.05, 4.69) is 0 Å². The molecule has 0 atom stereocenters. The van der Waals surface area contributed by atoms with E-state index in [-0.39, 0.29) is 229 Å². The van der Waals surface area contributed by atoms with Crippen molar-refractivity contribution in [2.45, 2.75) is 0 Å². The Labute approximate surface area is 220 Å². The number of rotatable bonds is 0. The van der Waals surface area contributed by atoms with Crippen LogP contribution in [0.4, 0.5) is 0 Å². The van der Waals surface area contributed by atoms with E-state index in [1.165, 1.54) is 0 Å². The van der Waals surface area contributed by atoms with Gasteiger partial charge in [-0.2, -0.15) is 0 Å². The van der Waals surface area contributed by atoms with Crippen LogP contribution < -0.4 is 0 Å². The van der Waals surface area contributed by atoms with Gasteiger partial charge >= 0.3 is 0 Å². The van der Waals surface area contributed by atoms with E-state index in [1.54, 1.807) is 0 Å². The fraction of sp³-hybridized carbons (Fsp3) is 0. The van der Waals surface area contributed by atoms with Crippen molar-refractivity contribution in [3.8, 4) is 0 Å². The van der Waals surface area contributed by atoms with Crippen LogP contribution in [-0.4, -0.2) is 0 Å². The average molecular weight is 822 g/mol. The van der Waals surface area contributed by atoms with E-state index in [0.29, 0.717) is 0 Å². The average Bonchev–Trinajstić information content (AvgIpc) is 0. The van der Waals surface area contributed by atoms with Gasteiger partial charge in [0.25, 0.3) is 0 Å². The molecule has 0 bridgehead atoms. The van der Waals surface area contributed by atoms with Crippen molar-refractivity contribution < 1.29 is 229 Å². The molecule has 6 heteroatoms. The van der Waals surface area contributed by atoms with Crippen molar-refractivity contribution in [1.29, 1.82) is 0 Å². The van der Waals surface area contributed by atoms with Crippen molar-refractivity contribution in [2.75, 3.05) is 0 Å². The third kappa shape index (κ3) is 22.5. The first-order valence-corrected chi connectivity index (χ1v) is 0. The maximum Gasteiger partial charge on any atom is 0 e. The maximum atomic E-state index is 0. The van der Waals surface area contributed by atoms with Gasteiger partial charge in [0.2, 0.25) is 0 Å². The first-order valence-electron chi connectivity index (χ1n) is 0. The predicted octanol–water partition coefficient (Wildman–Crippen LogP) is -0.00250. The van der Waals surface area contributed by atoms with Crippen LogP contribution >= 0.6 is 0 Å². The molecule has 0 rings (SSSR count). The zero-order chi connectivity index (χ0) is 0. The standard InChI is InChI=1S/Ce.Eu.La.Mo.Nd.Sm. The predicted molar refractivity (Wildman–Crippen MR) is 0 cm³/mol.